The maximum atomic E-state index is 12.8. The van der Waals surface area contributed by atoms with E-state index in [1.54, 1.807) is 24.5 Å². The number of halogens is 2. The lowest BCUT2D eigenvalue weighted by Crippen LogP contribution is -2.47. The lowest BCUT2D eigenvalue weighted by molar-refractivity contribution is -0.139. The lowest BCUT2D eigenvalue weighted by Gasteiger charge is -2.33. The first-order valence-corrected chi connectivity index (χ1v) is 15.9. The monoisotopic (exact) mass is 598 g/mol. The summed E-state index contributed by atoms with van der Waals surface area (Å²) in [6, 6.07) is 4.08. The maximum Gasteiger partial charge on any atom is 0.326 e. The lowest BCUT2D eigenvalue weighted by atomic mass is 9.80. The molecule has 10 heteroatoms. The SMILES string of the molecule is CC1CC(NC(=O)c2c(Cl)cccc2Cl)=CC=C1CC(NC(=S)C1(CCCCS(C)=O)CCCC1)C(=O)O. The summed E-state index contributed by atoms with van der Waals surface area (Å²) in [6.45, 7) is 2.01. The Bertz CT molecular complexity index is 1130. The zero-order valence-corrected chi connectivity index (χ0v) is 25.0. The summed E-state index contributed by atoms with van der Waals surface area (Å²) in [5, 5.41) is 16.7. The van der Waals surface area contributed by atoms with Crippen molar-refractivity contribution in [3.05, 3.63) is 57.2 Å². The van der Waals surface area contributed by atoms with Crippen LogP contribution in [0.5, 0.6) is 0 Å². The van der Waals surface area contributed by atoms with E-state index in [0.29, 0.717) is 23.6 Å². The van der Waals surface area contributed by atoms with Crippen LogP contribution in [0.1, 0.15) is 75.1 Å². The number of carboxylic acid groups (broad SMARTS) is 1. The van der Waals surface area contributed by atoms with E-state index < -0.39 is 22.8 Å². The van der Waals surface area contributed by atoms with Crippen LogP contribution in [-0.4, -0.2) is 44.2 Å². The van der Waals surface area contributed by atoms with Crippen molar-refractivity contribution >= 4 is 63.1 Å². The fourth-order valence-corrected chi connectivity index (χ4v) is 6.97. The van der Waals surface area contributed by atoms with Crippen molar-refractivity contribution in [1.29, 1.82) is 0 Å². The highest BCUT2D eigenvalue weighted by atomic mass is 35.5. The summed E-state index contributed by atoms with van der Waals surface area (Å²) < 4.78 is 11.4. The minimum Gasteiger partial charge on any atom is -0.480 e. The third kappa shape index (κ3) is 8.13. The Kier molecular flexibility index (Phi) is 11.4. The second kappa shape index (κ2) is 14.1. The maximum absolute atomic E-state index is 12.8. The molecular formula is C28H36Cl2N2O4S2. The average molecular weight is 600 g/mol. The number of carbonyl (C=O) groups is 2. The van der Waals surface area contributed by atoms with Crippen LogP contribution in [0.2, 0.25) is 10.0 Å². The van der Waals surface area contributed by atoms with Crippen molar-refractivity contribution in [2.75, 3.05) is 12.0 Å². The first-order chi connectivity index (χ1) is 18.0. The van der Waals surface area contributed by atoms with Crippen LogP contribution in [0.3, 0.4) is 0 Å². The molecule has 1 saturated carbocycles. The number of thiocarbonyl (C=S) groups is 1. The summed E-state index contributed by atoms with van der Waals surface area (Å²) in [4.78, 5) is 25.6. The molecule has 0 spiro atoms. The van der Waals surface area contributed by atoms with Crippen LogP contribution in [0, 0.1) is 11.3 Å². The molecule has 2 aliphatic carbocycles. The van der Waals surface area contributed by atoms with Crippen LogP contribution < -0.4 is 10.6 Å². The molecule has 3 atom stereocenters. The molecule has 0 radical (unpaired) electrons. The molecule has 3 unspecified atom stereocenters. The van der Waals surface area contributed by atoms with Crippen LogP contribution in [0.25, 0.3) is 0 Å². The fourth-order valence-electron chi connectivity index (χ4n) is 5.34. The second-order valence-electron chi connectivity index (χ2n) is 10.4. The van der Waals surface area contributed by atoms with Gasteiger partial charge in [-0.2, -0.15) is 0 Å². The van der Waals surface area contributed by atoms with Gasteiger partial charge in [0.1, 0.15) is 6.04 Å². The minimum atomic E-state index is -0.939. The topological polar surface area (TPSA) is 95.5 Å². The summed E-state index contributed by atoms with van der Waals surface area (Å²) in [5.41, 5.74) is 1.75. The largest absolute Gasteiger partial charge is 0.480 e. The van der Waals surface area contributed by atoms with Gasteiger partial charge in [-0.05, 0) is 62.7 Å². The standard InChI is InChI=1S/C28H36Cl2N2O4S2/c1-18-16-20(31-25(33)24-21(29)8-7-9-22(24)30)11-10-19(18)17-23(26(34)35)32-27(37)28(12-3-4-13-28)14-5-6-15-38(2)36/h7-11,18,23H,3-6,12-17H2,1-2H3,(H,31,33)(H,32,37)(H,34,35). The predicted molar refractivity (Wildman–Crippen MR) is 159 cm³/mol. The first-order valence-electron chi connectivity index (χ1n) is 13.0. The summed E-state index contributed by atoms with van der Waals surface area (Å²) >= 11 is 18.1. The quantitative estimate of drug-likeness (QED) is 0.189. The van der Waals surface area contributed by atoms with Gasteiger partial charge in [-0.25, -0.2) is 4.79 Å². The zero-order chi connectivity index (χ0) is 27.9. The molecule has 0 heterocycles. The zero-order valence-electron chi connectivity index (χ0n) is 21.9. The molecule has 2 aliphatic rings. The van der Waals surface area contributed by atoms with E-state index >= 15 is 0 Å². The highest BCUT2D eigenvalue weighted by Gasteiger charge is 2.39. The molecule has 38 heavy (non-hydrogen) atoms. The number of carboxylic acids is 1. The molecule has 0 saturated heterocycles. The number of rotatable bonds is 12. The van der Waals surface area contributed by atoms with E-state index in [4.69, 9.17) is 35.4 Å². The van der Waals surface area contributed by atoms with Crippen molar-refractivity contribution in [3.63, 3.8) is 0 Å². The molecule has 0 aliphatic heterocycles. The molecule has 0 aromatic heterocycles. The van der Waals surface area contributed by atoms with Gasteiger partial charge in [0.2, 0.25) is 0 Å². The normalized spacial score (nSPS) is 20.2. The number of unbranched alkanes of at least 4 members (excludes halogenated alkanes) is 1. The number of hydrogen-bond acceptors (Lipinski definition) is 4. The summed E-state index contributed by atoms with van der Waals surface area (Å²) in [5.74, 6) is -0.601. The van der Waals surface area contributed by atoms with Crippen LogP contribution in [0.4, 0.5) is 0 Å². The van der Waals surface area contributed by atoms with E-state index in [1.165, 1.54) is 0 Å². The van der Waals surface area contributed by atoms with Gasteiger partial charge in [-0.15, -0.1) is 0 Å². The third-order valence-corrected chi connectivity index (χ3v) is 9.59. The molecule has 208 valence electrons. The van der Waals surface area contributed by atoms with Gasteiger partial charge in [-0.1, -0.05) is 79.3 Å². The van der Waals surface area contributed by atoms with Crippen LogP contribution in [-0.2, 0) is 15.6 Å². The Morgan fingerprint density at radius 1 is 1.18 bits per heavy atom. The Morgan fingerprint density at radius 3 is 2.42 bits per heavy atom. The van der Waals surface area contributed by atoms with E-state index in [0.717, 1.165) is 56.2 Å². The molecule has 3 N–H and O–H groups in total. The second-order valence-corrected chi connectivity index (χ2v) is 13.2. The number of nitrogens with one attached hydrogen (secondary N) is 2. The van der Waals surface area contributed by atoms with Gasteiger partial charge in [0.25, 0.3) is 5.91 Å². The highest BCUT2D eigenvalue weighted by molar-refractivity contribution is 7.84. The van der Waals surface area contributed by atoms with Crippen LogP contribution in [0.15, 0.2) is 41.6 Å². The molecular weight excluding hydrogens is 563 g/mol. The average Bonchev–Trinajstić information content (AvgIpc) is 3.33. The molecule has 1 aromatic rings. The van der Waals surface area contributed by atoms with E-state index in [-0.39, 0.29) is 32.8 Å². The number of aliphatic carboxylic acids is 1. The van der Waals surface area contributed by atoms with E-state index in [2.05, 4.69) is 10.6 Å². The number of benzene rings is 1. The highest BCUT2D eigenvalue weighted by Crippen LogP contribution is 2.43. The summed E-state index contributed by atoms with van der Waals surface area (Å²) in [7, 11) is -0.806. The van der Waals surface area contributed by atoms with Crippen molar-refractivity contribution in [1.82, 2.24) is 10.6 Å². The number of hydrogen-bond donors (Lipinski definition) is 3. The Balaban J connectivity index is 1.66. The van der Waals surface area contributed by atoms with Crippen molar-refractivity contribution in [2.45, 2.75) is 70.8 Å². The molecule has 6 nitrogen and oxygen atoms in total. The molecule has 1 fully saturated rings. The Morgan fingerprint density at radius 2 is 1.84 bits per heavy atom. The Labute approximate surface area is 243 Å². The van der Waals surface area contributed by atoms with Crippen molar-refractivity contribution in [3.8, 4) is 0 Å². The fraction of sp³-hybridized carbons (Fsp3) is 0.536. The van der Waals surface area contributed by atoms with Crippen molar-refractivity contribution < 1.29 is 18.9 Å². The van der Waals surface area contributed by atoms with Gasteiger partial charge in [0.15, 0.2) is 0 Å². The first kappa shape index (κ1) is 30.8. The van der Waals surface area contributed by atoms with Gasteiger partial charge < -0.3 is 15.7 Å². The number of amides is 1. The summed E-state index contributed by atoms with van der Waals surface area (Å²) in [6.07, 6.45) is 13.1. The number of allylic oxidation sites excluding steroid dienone is 3. The smallest absolute Gasteiger partial charge is 0.326 e. The van der Waals surface area contributed by atoms with Gasteiger partial charge >= 0.3 is 5.97 Å². The molecule has 1 amide bonds. The predicted octanol–water partition coefficient (Wildman–Crippen LogP) is 6.44. The molecule has 3 rings (SSSR count). The van der Waals surface area contributed by atoms with Gasteiger partial charge in [0.05, 0.1) is 20.6 Å². The van der Waals surface area contributed by atoms with E-state index in [9.17, 15) is 18.9 Å². The Hall–Kier alpha value is -1.74. The van der Waals surface area contributed by atoms with Crippen LogP contribution >= 0.6 is 35.4 Å². The number of carbonyl (C=O) groups excluding carboxylic acids is 1. The van der Waals surface area contributed by atoms with E-state index in [1.807, 2.05) is 19.1 Å². The van der Waals surface area contributed by atoms with Gasteiger partial charge in [-0.3, -0.25) is 9.00 Å². The van der Waals surface area contributed by atoms with Gasteiger partial charge in [0, 0.05) is 33.9 Å². The minimum absolute atomic E-state index is 0.0320. The van der Waals surface area contributed by atoms with Crippen molar-refractivity contribution in [2.24, 2.45) is 11.3 Å². The molecule has 1 aromatic carbocycles. The molecule has 0 bridgehead atoms. The third-order valence-electron chi connectivity index (χ3n) is 7.54.